The lowest BCUT2D eigenvalue weighted by molar-refractivity contribution is -0.385. The van der Waals surface area contributed by atoms with Gasteiger partial charge in [0.05, 0.1) is 16.3 Å². The number of nitrogen functional groups attached to an aromatic ring is 1. The molecule has 4 rings (SSSR count). The molecule has 0 aliphatic carbocycles. The molecule has 0 fully saturated rings. The minimum atomic E-state index is -4.81. The highest BCUT2D eigenvalue weighted by Gasteiger charge is 2.22. The van der Waals surface area contributed by atoms with Crippen molar-refractivity contribution < 1.29 is 36.0 Å². The predicted octanol–water partition coefficient (Wildman–Crippen LogP) is 4.69. The number of phenols is 1. The van der Waals surface area contributed by atoms with Gasteiger partial charge in [-0.25, -0.2) is 0 Å². The summed E-state index contributed by atoms with van der Waals surface area (Å²) in [5.74, 6) is -0.548. The van der Waals surface area contributed by atoms with Gasteiger partial charge in [-0.2, -0.15) is 21.9 Å². The molecule has 4 aromatic carbocycles. The Bertz CT molecular complexity index is 1840. The molecular formula is C22H17N5O9S2. The number of azo groups is 1. The minimum Gasteiger partial charge on any atom is -0.505 e. The molecular weight excluding hydrogens is 542 g/mol. The first-order chi connectivity index (χ1) is 17.7. The summed E-state index contributed by atoms with van der Waals surface area (Å²) in [6.07, 6.45) is 0. The Balaban J connectivity index is 1.67. The summed E-state index contributed by atoms with van der Waals surface area (Å²) in [6.45, 7) is 0. The van der Waals surface area contributed by atoms with Gasteiger partial charge >= 0.3 is 0 Å². The second-order valence-electron chi connectivity index (χ2n) is 7.81. The lowest BCUT2D eigenvalue weighted by Crippen LogP contribution is -2.04. The van der Waals surface area contributed by atoms with E-state index in [4.69, 9.17) is 5.73 Å². The molecule has 0 saturated carbocycles. The second kappa shape index (κ2) is 9.67. The van der Waals surface area contributed by atoms with Gasteiger partial charge < -0.3 is 16.2 Å². The third-order valence-electron chi connectivity index (χ3n) is 5.22. The SMILES string of the molecule is Nc1ccc2c(O)c(N=Nc3ccc(Nc4ccc([N+](=O)[O-])cc4S(=O)(=O)O)cc3)c(S(=O)(=O)O)cc2c1. The van der Waals surface area contributed by atoms with Crippen LogP contribution in [0.5, 0.6) is 5.75 Å². The highest BCUT2D eigenvalue weighted by Crippen LogP contribution is 2.42. The van der Waals surface area contributed by atoms with Crippen molar-refractivity contribution in [2.75, 3.05) is 11.1 Å². The lowest BCUT2D eigenvalue weighted by Gasteiger charge is -2.10. The van der Waals surface area contributed by atoms with E-state index in [0.29, 0.717) is 17.4 Å². The van der Waals surface area contributed by atoms with Crippen molar-refractivity contribution in [3.63, 3.8) is 0 Å². The number of nitrogens with one attached hydrogen (secondary N) is 1. The molecule has 0 atom stereocenters. The number of nitrogens with zero attached hydrogens (tertiary/aromatic N) is 3. The van der Waals surface area contributed by atoms with Crippen LogP contribution in [-0.4, -0.2) is 36.0 Å². The molecule has 14 nitrogen and oxygen atoms in total. The fourth-order valence-corrected chi connectivity index (χ4v) is 4.80. The number of phenolic OH excluding ortho intramolecular Hbond substituents is 1. The normalized spacial score (nSPS) is 12.2. The van der Waals surface area contributed by atoms with Gasteiger partial charge in [-0.1, -0.05) is 0 Å². The second-order valence-corrected chi connectivity index (χ2v) is 10.6. The molecule has 6 N–H and O–H groups in total. The summed E-state index contributed by atoms with van der Waals surface area (Å²) >= 11 is 0. The van der Waals surface area contributed by atoms with Crippen LogP contribution < -0.4 is 11.1 Å². The van der Waals surface area contributed by atoms with Crippen LogP contribution >= 0.6 is 0 Å². The first-order valence-corrected chi connectivity index (χ1v) is 13.2. The van der Waals surface area contributed by atoms with Gasteiger partial charge in [-0.05, 0) is 60.0 Å². The number of anilines is 3. The van der Waals surface area contributed by atoms with Crippen LogP contribution in [0.1, 0.15) is 0 Å². The fourth-order valence-electron chi connectivity index (χ4n) is 3.48. The Kier molecular flexibility index (Phi) is 6.73. The van der Waals surface area contributed by atoms with Crippen molar-refractivity contribution in [1.29, 1.82) is 0 Å². The van der Waals surface area contributed by atoms with Gasteiger partial charge in [0, 0.05) is 28.9 Å². The molecule has 0 spiro atoms. The standard InChI is InChI=1S/C22H17N5O9S2/c23-13-1-7-17-12(9-13)10-20(38(34,35)36)21(22(17)28)26-25-15-4-2-14(3-5-15)24-18-8-6-16(27(29)30)11-19(18)37(31,32)33/h1-11,24,28H,23H2,(H,31,32,33)(H,34,35,36). The molecule has 0 bridgehead atoms. The van der Waals surface area contributed by atoms with Crippen molar-refractivity contribution in [3.8, 4) is 5.75 Å². The quantitative estimate of drug-likeness (QED) is 0.0684. The molecule has 0 amide bonds. The Hall–Kier alpha value is -4.64. The van der Waals surface area contributed by atoms with Gasteiger partial charge in [-0.15, -0.1) is 5.11 Å². The van der Waals surface area contributed by atoms with Crippen LogP contribution in [0.25, 0.3) is 10.8 Å². The van der Waals surface area contributed by atoms with Crippen LogP contribution in [0.4, 0.5) is 34.1 Å². The molecule has 38 heavy (non-hydrogen) atoms. The summed E-state index contributed by atoms with van der Waals surface area (Å²) < 4.78 is 66.3. The summed E-state index contributed by atoms with van der Waals surface area (Å²) in [5.41, 5.74) is 5.31. The maximum Gasteiger partial charge on any atom is 0.296 e. The Labute approximate surface area is 214 Å². The van der Waals surface area contributed by atoms with Gasteiger partial charge in [0.15, 0.2) is 5.75 Å². The van der Waals surface area contributed by atoms with Gasteiger partial charge in [0.2, 0.25) is 0 Å². The number of rotatable bonds is 7. The van der Waals surface area contributed by atoms with Gasteiger partial charge in [0.1, 0.15) is 15.5 Å². The molecule has 0 saturated heterocycles. The molecule has 0 radical (unpaired) electrons. The van der Waals surface area contributed by atoms with Gasteiger partial charge in [-0.3, -0.25) is 19.2 Å². The molecule has 4 aromatic rings. The monoisotopic (exact) mass is 559 g/mol. The summed E-state index contributed by atoms with van der Waals surface area (Å²) in [5, 5.41) is 32.5. The van der Waals surface area contributed by atoms with Crippen LogP contribution in [0.15, 0.2) is 86.7 Å². The molecule has 0 heterocycles. The van der Waals surface area contributed by atoms with Crippen molar-refractivity contribution in [2.24, 2.45) is 10.2 Å². The summed E-state index contributed by atoms with van der Waals surface area (Å²) in [6, 6.07) is 14.0. The first-order valence-electron chi connectivity index (χ1n) is 10.3. The smallest absolute Gasteiger partial charge is 0.296 e. The largest absolute Gasteiger partial charge is 0.505 e. The highest BCUT2D eigenvalue weighted by molar-refractivity contribution is 7.86. The van der Waals surface area contributed by atoms with Crippen molar-refractivity contribution in [2.45, 2.75) is 9.79 Å². The van der Waals surface area contributed by atoms with E-state index in [1.54, 1.807) is 0 Å². The lowest BCUT2D eigenvalue weighted by atomic mass is 10.1. The van der Waals surface area contributed by atoms with Gasteiger partial charge in [0.25, 0.3) is 25.9 Å². The van der Waals surface area contributed by atoms with Crippen LogP contribution in [0.3, 0.4) is 0 Å². The van der Waals surface area contributed by atoms with Crippen LogP contribution in [0, 0.1) is 10.1 Å². The number of non-ortho nitro benzene ring substituents is 1. The molecule has 0 unspecified atom stereocenters. The fraction of sp³-hybridized carbons (Fsp3) is 0. The van der Waals surface area contributed by atoms with E-state index < -0.39 is 52.1 Å². The van der Waals surface area contributed by atoms with Crippen molar-refractivity contribution in [1.82, 2.24) is 0 Å². The molecule has 16 heteroatoms. The minimum absolute atomic E-state index is 0.132. The van der Waals surface area contributed by atoms with E-state index in [2.05, 4.69) is 15.5 Å². The molecule has 0 aromatic heterocycles. The van der Waals surface area contributed by atoms with Crippen molar-refractivity contribution >= 4 is 65.1 Å². The number of nitrogens with two attached hydrogens (primary N) is 1. The van der Waals surface area contributed by atoms with E-state index in [1.165, 1.54) is 42.5 Å². The van der Waals surface area contributed by atoms with E-state index in [9.17, 15) is 41.2 Å². The summed E-state index contributed by atoms with van der Waals surface area (Å²) in [4.78, 5) is 8.74. The van der Waals surface area contributed by atoms with E-state index in [1.807, 2.05) is 0 Å². The van der Waals surface area contributed by atoms with E-state index in [0.717, 1.165) is 18.2 Å². The predicted molar refractivity (Wildman–Crippen MR) is 137 cm³/mol. The molecule has 0 aliphatic heterocycles. The average molecular weight is 560 g/mol. The first kappa shape index (κ1) is 26.4. The zero-order chi connectivity index (χ0) is 27.8. The number of hydrogen-bond acceptors (Lipinski definition) is 11. The van der Waals surface area contributed by atoms with Crippen LogP contribution in [0.2, 0.25) is 0 Å². The third-order valence-corrected chi connectivity index (χ3v) is 6.98. The third kappa shape index (κ3) is 5.52. The van der Waals surface area contributed by atoms with Crippen LogP contribution in [-0.2, 0) is 20.2 Å². The Morgan fingerprint density at radius 1 is 0.842 bits per heavy atom. The number of hydrogen-bond donors (Lipinski definition) is 5. The zero-order valence-electron chi connectivity index (χ0n) is 18.9. The topological polar surface area (TPSA) is 235 Å². The van der Waals surface area contributed by atoms with Crippen molar-refractivity contribution in [3.05, 3.63) is 76.8 Å². The maximum atomic E-state index is 11.9. The zero-order valence-corrected chi connectivity index (χ0v) is 20.5. The molecule has 0 aliphatic rings. The number of nitro benzene ring substituents is 1. The highest BCUT2D eigenvalue weighted by atomic mass is 32.2. The number of benzene rings is 4. The van der Waals surface area contributed by atoms with E-state index in [-0.39, 0.29) is 22.1 Å². The Morgan fingerprint density at radius 2 is 1.50 bits per heavy atom. The number of fused-ring (bicyclic) bond motifs is 1. The maximum absolute atomic E-state index is 11.9. The summed E-state index contributed by atoms with van der Waals surface area (Å²) in [7, 11) is -9.60. The number of aromatic hydroxyl groups is 1. The average Bonchev–Trinajstić information content (AvgIpc) is 2.83. The Morgan fingerprint density at radius 3 is 2.11 bits per heavy atom. The van der Waals surface area contributed by atoms with E-state index >= 15 is 0 Å². The molecule has 196 valence electrons. The number of nitro groups is 1.